The van der Waals surface area contributed by atoms with Crippen molar-refractivity contribution in [1.29, 1.82) is 0 Å². The lowest BCUT2D eigenvalue weighted by molar-refractivity contribution is -0.140. The molecule has 0 bridgehead atoms. The van der Waals surface area contributed by atoms with Crippen molar-refractivity contribution >= 4 is 53.7 Å². The molecule has 0 saturated carbocycles. The molecule has 47 heavy (non-hydrogen) atoms. The number of carboxylic acids is 2. The Morgan fingerprint density at radius 2 is 1.17 bits per heavy atom. The number of likely N-dealkylation sites (tertiary alicyclic amines) is 2. The number of carbonyl (C=O) groups excluding carboxylic acids is 7. The van der Waals surface area contributed by atoms with Gasteiger partial charge in [0.2, 0.25) is 35.4 Å². The molecule has 5 unspecified atom stereocenters. The molecule has 17 heteroatoms. The highest BCUT2D eigenvalue weighted by Gasteiger charge is 2.36. The molecule has 262 valence electrons. The Balaban J connectivity index is 1.88. The van der Waals surface area contributed by atoms with Crippen molar-refractivity contribution in [3.63, 3.8) is 0 Å². The summed E-state index contributed by atoms with van der Waals surface area (Å²) in [6.07, 6.45) is 2.25. The molecular formula is C30H46N6O11. The highest BCUT2D eigenvalue weighted by Crippen LogP contribution is 2.19. The number of hydrogen-bond donors (Lipinski definition) is 6. The van der Waals surface area contributed by atoms with Gasteiger partial charge in [-0.05, 0) is 57.8 Å². The fourth-order valence-electron chi connectivity index (χ4n) is 5.72. The quantitative estimate of drug-likeness (QED) is 0.0697. The number of nitrogens with one attached hydrogen (secondary N) is 4. The predicted octanol–water partition coefficient (Wildman–Crippen LogP) is -1.32. The van der Waals surface area contributed by atoms with Crippen molar-refractivity contribution in [1.82, 2.24) is 31.1 Å². The monoisotopic (exact) mass is 666 g/mol. The summed E-state index contributed by atoms with van der Waals surface area (Å²) in [5.74, 6) is -5.37. The van der Waals surface area contributed by atoms with Gasteiger partial charge in [-0.1, -0.05) is 0 Å². The van der Waals surface area contributed by atoms with Crippen LogP contribution in [0.1, 0.15) is 84.5 Å². The number of hydrogen-bond acceptors (Lipinski definition) is 9. The van der Waals surface area contributed by atoms with Crippen LogP contribution >= 0.6 is 0 Å². The maximum absolute atomic E-state index is 13.0. The van der Waals surface area contributed by atoms with Gasteiger partial charge in [0.15, 0.2) is 0 Å². The number of carbonyl (C=O) groups is 9. The fourth-order valence-corrected chi connectivity index (χ4v) is 5.72. The number of aldehydes is 1. The van der Waals surface area contributed by atoms with Gasteiger partial charge in [0.1, 0.15) is 30.5 Å². The van der Waals surface area contributed by atoms with E-state index in [1.165, 1.54) is 23.6 Å². The molecule has 6 amide bonds. The zero-order valence-corrected chi connectivity index (χ0v) is 26.8. The van der Waals surface area contributed by atoms with E-state index in [0.717, 1.165) is 0 Å². The van der Waals surface area contributed by atoms with E-state index in [9.17, 15) is 43.2 Å². The van der Waals surface area contributed by atoms with E-state index in [2.05, 4.69) is 21.3 Å². The van der Waals surface area contributed by atoms with Crippen LogP contribution in [0.5, 0.6) is 0 Å². The lowest BCUT2D eigenvalue weighted by atomic mass is 10.1. The van der Waals surface area contributed by atoms with Gasteiger partial charge in [-0.2, -0.15) is 0 Å². The molecule has 0 aromatic heterocycles. The Morgan fingerprint density at radius 3 is 1.60 bits per heavy atom. The average Bonchev–Trinajstić information content (AvgIpc) is 3.71. The number of unbranched alkanes of at least 4 members (excludes halogenated alkanes) is 1. The minimum Gasteiger partial charge on any atom is -0.481 e. The summed E-state index contributed by atoms with van der Waals surface area (Å²) in [4.78, 5) is 112. The van der Waals surface area contributed by atoms with Gasteiger partial charge in [0.25, 0.3) is 0 Å². The third kappa shape index (κ3) is 12.6. The smallest absolute Gasteiger partial charge is 0.303 e. The lowest BCUT2D eigenvalue weighted by Gasteiger charge is -2.26. The van der Waals surface area contributed by atoms with E-state index >= 15 is 0 Å². The molecule has 0 spiro atoms. The van der Waals surface area contributed by atoms with Crippen molar-refractivity contribution in [2.75, 3.05) is 19.6 Å². The second-order valence-corrected chi connectivity index (χ2v) is 11.8. The van der Waals surface area contributed by atoms with Crippen LogP contribution in [0, 0.1) is 0 Å². The van der Waals surface area contributed by atoms with Crippen LogP contribution in [0.15, 0.2) is 0 Å². The topological polar surface area (TPSA) is 249 Å². The number of carboxylic acid groups (broad SMARTS) is 2. The van der Waals surface area contributed by atoms with Crippen molar-refractivity contribution in [2.24, 2.45) is 0 Å². The van der Waals surface area contributed by atoms with Crippen LogP contribution in [0.4, 0.5) is 0 Å². The first-order valence-corrected chi connectivity index (χ1v) is 15.9. The molecule has 2 rings (SSSR count). The second kappa shape index (κ2) is 19.2. The molecular weight excluding hydrogens is 620 g/mol. The molecule has 0 aromatic carbocycles. The summed E-state index contributed by atoms with van der Waals surface area (Å²) in [6.45, 7) is 3.60. The Kier molecular flexibility index (Phi) is 15.8. The zero-order chi connectivity index (χ0) is 35.1. The van der Waals surface area contributed by atoms with Gasteiger partial charge in [0.05, 0.1) is 6.04 Å². The van der Waals surface area contributed by atoms with Gasteiger partial charge < -0.3 is 46.1 Å². The number of rotatable bonds is 19. The standard InChI is InChI=1S/C30H46N6O11/c1-18(38)35-15-5-8-23(35)29(46)33-21(10-12-25(40)41)27(44)31-14-4-3-7-20(17-37)32-28(45)22(11-13-26(42)43)34-30(47)24-9-6-16-36(24)19(2)39/h17,20-24H,3-16H2,1-2H3,(H,31,44)(H,32,45)(H,33,46)(H,34,47)(H,40,41)(H,42,43). The minimum atomic E-state index is -1.25. The third-order valence-corrected chi connectivity index (χ3v) is 8.21. The summed E-state index contributed by atoms with van der Waals surface area (Å²) in [5.41, 5.74) is 0. The van der Waals surface area contributed by atoms with Crippen molar-refractivity contribution < 1.29 is 53.4 Å². The Hall–Kier alpha value is -4.57. The molecule has 17 nitrogen and oxygen atoms in total. The Bertz CT molecular complexity index is 1190. The minimum absolute atomic E-state index is 0.117. The van der Waals surface area contributed by atoms with E-state index in [-0.39, 0.29) is 44.0 Å². The van der Waals surface area contributed by atoms with Crippen molar-refractivity contribution in [3.05, 3.63) is 0 Å². The first-order chi connectivity index (χ1) is 22.2. The molecule has 5 atom stereocenters. The zero-order valence-electron chi connectivity index (χ0n) is 26.8. The molecule has 0 aromatic rings. The first-order valence-electron chi connectivity index (χ1n) is 15.9. The Labute approximate surface area is 272 Å². The highest BCUT2D eigenvalue weighted by molar-refractivity contribution is 5.93. The van der Waals surface area contributed by atoms with E-state index in [0.29, 0.717) is 57.9 Å². The van der Waals surface area contributed by atoms with E-state index < -0.39 is 72.2 Å². The third-order valence-electron chi connectivity index (χ3n) is 8.21. The second-order valence-electron chi connectivity index (χ2n) is 11.8. The molecule has 0 aliphatic carbocycles. The van der Waals surface area contributed by atoms with Crippen molar-refractivity contribution in [2.45, 2.75) is 115 Å². The van der Waals surface area contributed by atoms with Gasteiger partial charge >= 0.3 is 11.9 Å². The molecule has 2 aliphatic heterocycles. The molecule has 2 fully saturated rings. The van der Waals surface area contributed by atoms with Gasteiger partial charge in [-0.15, -0.1) is 0 Å². The van der Waals surface area contributed by atoms with E-state index in [1.54, 1.807) is 0 Å². The van der Waals surface area contributed by atoms with Gasteiger partial charge in [-0.25, -0.2) is 0 Å². The summed E-state index contributed by atoms with van der Waals surface area (Å²) in [5, 5.41) is 28.4. The fraction of sp³-hybridized carbons (Fsp3) is 0.700. The summed E-state index contributed by atoms with van der Waals surface area (Å²) in [7, 11) is 0. The maximum atomic E-state index is 13.0. The molecule has 6 N–H and O–H groups in total. The van der Waals surface area contributed by atoms with E-state index in [4.69, 9.17) is 10.2 Å². The number of nitrogens with zero attached hydrogens (tertiary/aromatic N) is 2. The average molecular weight is 667 g/mol. The molecule has 2 aliphatic rings. The van der Waals surface area contributed by atoms with Crippen LogP contribution in [0.25, 0.3) is 0 Å². The van der Waals surface area contributed by atoms with Crippen LogP contribution in [0.3, 0.4) is 0 Å². The van der Waals surface area contributed by atoms with E-state index in [1.807, 2.05) is 0 Å². The maximum Gasteiger partial charge on any atom is 0.303 e. The van der Waals surface area contributed by atoms with Crippen LogP contribution in [-0.4, -0.2) is 124 Å². The number of amides is 6. The normalized spacial score (nSPS) is 19.2. The lowest BCUT2D eigenvalue weighted by Crippen LogP contribution is -2.54. The summed E-state index contributed by atoms with van der Waals surface area (Å²) in [6, 6.07) is -4.88. The largest absolute Gasteiger partial charge is 0.481 e. The SMILES string of the molecule is CC(=O)N1CCCC1C(=O)NC(CCC(=O)O)C(=O)NCCCCC(C=O)NC(=O)C(CCC(=O)O)NC(=O)C1CCCN1C(C)=O. The highest BCUT2D eigenvalue weighted by atomic mass is 16.4. The molecule has 2 heterocycles. The molecule has 2 saturated heterocycles. The first kappa shape index (κ1) is 38.6. The predicted molar refractivity (Wildman–Crippen MR) is 163 cm³/mol. The Morgan fingerprint density at radius 1 is 0.702 bits per heavy atom. The molecule has 0 radical (unpaired) electrons. The van der Waals surface area contributed by atoms with Crippen LogP contribution < -0.4 is 21.3 Å². The summed E-state index contributed by atoms with van der Waals surface area (Å²) < 4.78 is 0. The van der Waals surface area contributed by atoms with Crippen LogP contribution in [0.2, 0.25) is 0 Å². The van der Waals surface area contributed by atoms with Gasteiger partial charge in [0, 0.05) is 46.3 Å². The van der Waals surface area contributed by atoms with Crippen LogP contribution in [-0.2, 0) is 43.2 Å². The summed E-state index contributed by atoms with van der Waals surface area (Å²) >= 11 is 0. The number of aliphatic carboxylic acids is 2. The van der Waals surface area contributed by atoms with Gasteiger partial charge in [-0.3, -0.25) is 38.4 Å². The van der Waals surface area contributed by atoms with Crippen molar-refractivity contribution in [3.8, 4) is 0 Å².